The third-order valence-corrected chi connectivity index (χ3v) is 8.52. The Bertz CT molecular complexity index is 1580. The molecule has 0 fully saturated rings. The minimum Gasteiger partial charge on any atom is -0.503 e. The maximum absolute atomic E-state index is 14.1. The van der Waals surface area contributed by atoms with Gasteiger partial charge in [0.05, 0.1) is 11.6 Å². The number of rotatable bonds is 7. The zero-order valence-electron chi connectivity index (χ0n) is 21.8. The number of anilines is 1. The Morgan fingerprint density at radius 1 is 1.10 bits per heavy atom. The summed E-state index contributed by atoms with van der Waals surface area (Å²) in [5.74, 6) is -1.42. The molecule has 39 heavy (non-hydrogen) atoms. The molecule has 3 heterocycles. The van der Waals surface area contributed by atoms with Crippen LogP contribution in [0, 0.1) is 12.7 Å². The van der Waals surface area contributed by atoms with Crippen LogP contribution < -0.4 is 4.90 Å². The smallest absolute Gasteiger partial charge is 0.296 e. The summed E-state index contributed by atoms with van der Waals surface area (Å²) in [5, 5.41) is 19.6. The quantitative estimate of drug-likeness (QED) is 0.148. The first-order valence-corrected chi connectivity index (χ1v) is 14.0. The highest BCUT2D eigenvalue weighted by atomic mass is 32.2. The number of carbonyl (C=O) groups excluding carboxylic acids is 2. The number of aliphatic hydroxyl groups excluding tert-OH is 1. The summed E-state index contributed by atoms with van der Waals surface area (Å²) >= 11 is 2.42. The number of hydrogen-bond acceptors (Lipinski definition) is 8. The summed E-state index contributed by atoms with van der Waals surface area (Å²) in [6.07, 6.45) is 0. The van der Waals surface area contributed by atoms with Gasteiger partial charge in [-0.2, -0.15) is 0 Å². The van der Waals surface area contributed by atoms with Crippen molar-refractivity contribution in [3.8, 4) is 0 Å². The van der Waals surface area contributed by atoms with Crippen molar-refractivity contribution in [2.45, 2.75) is 49.2 Å². The Morgan fingerprint density at radius 3 is 2.46 bits per heavy atom. The van der Waals surface area contributed by atoms with Crippen molar-refractivity contribution in [1.82, 2.24) is 10.2 Å². The monoisotopic (exact) mass is 563 g/mol. The summed E-state index contributed by atoms with van der Waals surface area (Å²) < 4.78 is 20.1. The third kappa shape index (κ3) is 5.26. The van der Waals surface area contributed by atoms with Gasteiger partial charge in [0.2, 0.25) is 10.9 Å². The van der Waals surface area contributed by atoms with Gasteiger partial charge in [0.15, 0.2) is 15.9 Å². The van der Waals surface area contributed by atoms with Gasteiger partial charge >= 0.3 is 0 Å². The minimum atomic E-state index is -0.943. The number of aliphatic hydroxyl groups is 1. The molecule has 0 bridgehead atoms. The number of aryl methyl sites for hydroxylation is 1. The summed E-state index contributed by atoms with van der Waals surface area (Å²) in [5.41, 5.74) is 2.04. The number of nitrogens with zero attached hydrogens (tertiary/aromatic N) is 3. The lowest BCUT2D eigenvalue weighted by atomic mass is 9.85. The molecule has 1 amide bonds. The molecule has 1 unspecified atom stereocenters. The van der Waals surface area contributed by atoms with Crippen molar-refractivity contribution in [3.05, 3.63) is 106 Å². The molecule has 0 aliphatic carbocycles. The van der Waals surface area contributed by atoms with E-state index < -0.39 is 23.5 Å². The molecule has 0 spiro atoms. The molecular formula is C29H26FN3O4S2. The van der Waals surface area contributed by atoms with Crippen LogP contribution in [0.25, 0.3) is 0 Å². The first kappa shape index (κ1) is 26.8. The van der Waals surface area contributed by atoms with Crippen LogP contribution in [-0.2, 0) is 16.0 Å². The first-order valence-electron chi connectivity index (χ1n) is 12.2. The molecule has 0 saturated carbocycles. The third-order valence-electron chi connectivity index (χ3n) is 6.42. The van der Waals surface area contributed by atoms with Gasteiger partial charge in [-0.1, -0.05) is 86.3 Å². The van der Waals surface area contributed by atoms with Gasteiger partial charge in [0, 0.05) is 5.75 Å². The number of amides is 1. The summed E-state index contributed by atoms with van der Waals surface area (Å²) in [6.45, 7) is 7.99. The van der Waals surface area contributed by atoms with Crippen LogP contribution in [0.2, 0.25) is 0 Å². The number of halogens is 1. The van der Waals surface area contributed by atoms with E-state index in [1.165, 1.54) is 28.8 Å². The van der Waals surface area contributed by atoms with Gasteiger partial charge in [-0.3, -0.25) is 14.5 Å². The van der Waals surface area contributed by atoms with E-state index in [4.69, 9.17) is 4.42 Å². The fraction of sp³-hybridized carbons (Fsp3) is 0.241. The fourth-order valence-corrected chi connectivity index (χ4v) is 6.17. The van der Waals surface area contributed by atoms with Crippen molar-refractivity contribution in [3.63, 3.8) is 0 Å². The van der Waals surface area contributed by atoms with Crippen LogP contribution in [-0.4, -0.2) is 27.0 Å². The van der Waals surface area contributed by atoms with Crippen molar-refractivity contribution < 1.29 is 23.5 Å². The number of Topliss-reactive ketones (excluding diaryl/α,β-unsaturated/α-hetero) is 1. The molecule has 5 rings (SSSR count). The molecular weight excluding hydrogens is 537 g/mol. The highest BCUT2D eigenvalue weighted by Gasteiger charge is 2.46. The lowest BCUT2D eigenvalue weighted by Crippen LogP contribution is -2.31. The molecule has 1 N–H and O–H groups in total. The zero-order chi connectivity index (χ0) is 27.9. The van der Waals surface area contributed by atoms with Crippen molar-refractivity contribution in [2.75, 3.05) is 4.90 Å². The summed E-state index contributed by atoms with van der Waals surface area (Å²) in [6, 6.07) is 16.3. The van der Waals surface area contributed by atoms with E-state index in [2.05, 4.69) is 31.0 Å². The van der Waals surface area contributed by atoms with E-state index in [0.29, 0.717) is 27.0 Å². The van der Waals surface area contributed by atoms with Crippen LogP contribution >= 0.6 is 23.1 Å². The number of carbonyl (C=O) groups is 2. The first-order chi connectivity index (χ1) is 18.5. The molecule has 200 valence electrons. The molecule has 1 aliphatic rings. The molecule has 10 heteroatoms. The maximum atomic E-state index is 14.1. The lowest BCUT2D eigenvalue weighted by Gasteiger charge is -2.25. The highest BCUT2D eigenvalue weighted by molar-refractivity contribution is 8.00. The van der Waals surface area contributed by atoms with E-state index in [0.717, 1.165) is 16.9 Å². The molecule has 7 nitrogen and oxygen atoms in total. The van der Waals surface area contributed by atoms with Crippen molar-refractivity contribution in [2.24, 2.45) is 0 Å². The van der Waals surface area contributed by atoms with Gasteiger partial charge in [0.1, 0.15) is 11.6 Å². The van der Waals surface area contributed by atoms with Gasteiger partial charge in [-0.15, -0.1) is 10.2 Å². The van der Waals surface area contributed by atoms with Crippen molar-refractivity contribution in [1.29, 1.82) is 0 Å². The molecule has 2 aromatic heterocycles. The van der Waals surface area contributed by atoms with Crippen LogP contribution in [0.4, 0.5) is 9.52 Å². The Labute approximate surface area is 233 Å². The van der Waals surface area contributed by atoms with Crippen LogP contribution in [0.15, 0.2) is 80.8 Å². The predicted molar refractivity (Wildman–Crippen MR) is 149 cm³/mol. The number of benzene rings is 2. The second kappa shape index (κ2) is 10.4. The van der Waals surface area contributed by atoms with Gasteiger partial charge in [-0.25, -0.2) is 4.39 Å². The molecule has 1 atom stereocenters. The van der Waals surface area contributed by atoms with Crippen LogP contribution in [0.5, 0.6) is 0 Å². The predicted octanol–water partition coefficient (Wildman–Crippen LogP) is 6.95. The van der Waals surface area contributed by atoms with E-state index in [1.54, 1.807) is 31.2 Å². The minimum absolute atomic E-state index is 0.0263. The second-order valence-corrected chi connectivity index (χ2v) is 12.4. The lowest BCUT2D eigenvalue weighted by molar-refractivity contribution is -0.117. The summed E-state index contributed by atoms with van der Waals surface area (Å²) in [7, 11) is 0. The normalized spacial score (nSPS) is 15.9. The molecule has 2 aromatic carbocycles. The largest absolute Gasteiger partial charge is 0.503 e. The van der Waals surface area contributed by atoms with E-state index in [9.17, 15) is 19.1 Å². The number of hydrogen-bond donors (Lipinski definition) is 1. The molecule has 0 saturated heterocycles. The average Bonchev–Trinajstić information content (AvgIpc) is 3.61. The highest BCUT2D eigenvalue weighted by Crippen LogP contribution is 2.44. The maximum Gasteiger partial charge on any atom is 0.296 e. The second-order valence-electron chi connectivity index (χ2n) is 10.2. The summed E-state index contributed by atoms with van der Waals surface area (Å²) in [4.78, 5) is 28.2. The fourth-order valence-electron chi connectivity index (χ4n) is 4.32. The number of thioether (sulfide) groups is 1. The molecule has 1 aliphatic heterocycles. The Balaban J connectivity index is 1.52. The average molecular weight is 564 g/mol. The number of furan rings is 1. The van der Waals surface area contributed by atoms with Crippen LogP contribution in [0.1, 0.15) is 59.8 Å². The SMILES string of the molecule is Cc1ccc(C(=O)C2=C(O)C(=O)N(c3nnc(SCc4ccccc4F)s3)C2c2ccc(C(C)(C)C)cc2)o1. The van der Waals surface area contributed by atoms with Gasteiger partial charge in [-0.05, 0) is 47.2 Å². The van der Waals surface area contributed by atoms with E-state index in [1.807, 2.05) is 24.3 Å². The van der Waals surface area contributed by atoms with E-state index >= 15 is 0 Å². The zero-order valence-corrected chi connectivity index (χ0v) is 23.4. The Kier molecular flexibility index (Phi) is 7.17. The van der Waals surface area contributed by atoms with Crippen molar-refractivity contribution >= 4 is 39.9 Å². The van der Waals surface area contributed by atoms with Gasteiger partial charge < -0.3 is 9.52 Å². The van der Waals surface area contributed by atoms with Gasteiger partial charge in [0.25, 0.3) is 5.91 Å². The molecule has 0 radical (unpaired) electrons. The Morgan fingerprint density at radius 2 is 1.82 bits per heavy atom. The number of aromatic nitrogens is 2. The van der Waals surface area contributed by atoms with Crippen LogP contribution in [0.3, 0.4) is 0 Å². The topological polar surface area (TPSA) is 96.5 Å². The molecule has 4 aromatic rings. The standard InChI is InChI=1S/C29H26FN3O4S2/c1-16-9-14-21(37-16)24(34)22-23(17-10-12-19(13-11-17)29(2,3)4)33(26(36)25(22)35)27-31-32-28(39-27)38-15-18-7-5-6-8-20(18)30/h5-14,23,35H,15H2,1-4H3. The van der Waals surface area contributed by atoms with E-state index in [-0.39, 0.29) is 27.7 Å². The number of ketones is 1. The Hall–Kier alpha value is -3.76.